The zero-order chi connectivity index (χ0) is 9.56. The molecule has 4 heteroatoms. The SMILES string of the molecule is CCN=C(/C=C(/C)N)C(=O)OC. The molecule has 12 heavy (non-hydrogen) atoms. The highest BCUT2D eigenvalue weighted by Crippen LogP contribution is 1.90. The normalized spacial score (nSPS) is 12.9. The number of nitrogens with zero attached hydrogens (tertiary/aromatic N) is 1. The minimum absolute atomic E-state index is 0.264. The Morgan fingerprint density at radius 2 is 2.25 bits per heavy atom. The van der Waals surface area contributed by atoms with Crippen molar-refractivity contribution >= 4 is 11.7 Å². The van der Waals surface area contributed by atoms with Crippen molar-refractivity contribution < 1.29 is 9.53 Å². The van der Waals surface area contributed by atoms with E-state index >= 15 is 0 Å². The van der Waals surface area contributed by atoms with E-state index in [-0.39, 0.29) is 5.71 Å². The Kier molecular flexibility index (Phi) is 4.76. The molecule has 0 spiro atoms. The molecule has 0 rings (SSSR count). The fraction of sp³-hybridized carbons (Fsp3) is 0.500. The number of carbonyl (C=O) groups excluding carboxylic acids is 1. The van der Waals surface area contributed by atoms with Gasteiger partial charge in [-0.2, -0.15) is 0 Å². The van der Waals surface area contributed by atoms with Crippen LogP contribution in [-0.4, -0.2) is 25.3 Å². The Hall–Kier alpha value is -1.32. The Morgan fingerprint density at radius 3 is 2.58 bits per heavy atom. The summed E-state index contributed by atoms with van der Waals surface area (Å²) in [6, 6.07) is 0. The van der Waals surface area contributed by atoms with Crippen LogP contribution in [0.1, 0.15) is 13.8 Å². The van der Waals surface area contributed by atoms with E-state index in [0.29, 0.717) is 12.2 Å². The zero-order valence-electron chi connectivity index (χ0n) is 7.63. The first-order chi connectivity index (χ1) is 5.61. The van der Waals surface area contributed by atoms with Crippen LogP contribution in [0.5, 0.6) is 0 Å². The fourth-order valence-corrected chi connectivity index (χ4v) is 0.660. The Bertz CT molecular complexity index is 215. The largest absolute Gasteiger partial charge is 0.464 e. The van der Waals surface area contributed by atoms with Crippen LogP contribution in [0.15, 0.2) is 16.8 Å². The first-order valence-corrected chi connectivity index (χ1v) is 3.68. The van der Waals surface area contributed by atoms with E-state index in [4.69, 9.17) is 5.73 Å². The summed E-state index contributed by atoms with van der Waals surface area (Å²) >= 11 is 0. The van der Waals surface area contributed by atoms with Crippen molar-refractivity contribution in [2.24, 2.45) is 10.7 Å². The molecule has 0 saturated carbocycles. The second-order valence-electron chi connectivity index (χ2n) is 2.24. The molecule has 0 aliphatic rings. The summed E-state index contributed by atoms with van der Waals surface area (Å²) in [6.45, 7) is 4.06. The molecule has 0 aliphatic heterocycles. The van der Waals surface area contributed by atoms with Crippen molar-refractivity contribution in [3.05, 3.63) is 11.8 Å². The number of rotatable bonds is 3. The third kappa shape index (κ3) is 3.75. The van der Waals surface area contributed by atoms with E-state index in [1.54, 1.807) is 6.92 Å². The summed E-state index contributed by atoms with van der Waals surface area (Å²) < 4.78 is 4.50. The van der Waals surface area contributed by atoms with E-state index in [9.17, 15) is 4.79 Å². The molecule has 0 aromatic heterocycles. The van der Waals surface area contributed by atoms with Gasteiger partial charge in [0.05, 0.1) is 7.11 Å². The van der Waals surface area contributed by atoms with Crippen molar-refractivity contribution in [1.29, 1.82) is 0 Å². The average Bonchev–Trinajstić information content (AvgIpc) is 2.01. The molecule has 0 heterocycles. The number of hydrogen-bond acceptors (Lipinski definition) is 4. The number of ether oxygens (including phenoxy) is 1. The van der Waals surface area contributed by atoms with Gasteiger partial charge in [0, 0.05) is 12.2 Å². The molecule has 0 aromatic rings. The quantitative estimate of drug-likeness (QED) is 0.495. The van der Waals surface area contributed by atoms with Gasteiger partial charge in [-0.25, -0.2) is 4.79 Å². The van der Waals surface area contributed by atoms with Crippen LogP contribution >= 0.6 is 0 Å². The summed E-state index contributed by atoms with van der Waals surface area (Å²) in [5, 5.41) is 0. The maximum Gasteiger partial charge on any atom is 0.356 e. The zero-order valence-corrected chi connectivity index (χ0v) is 7.63. The topological polar surface area (TPSA) is 64.7 Å². The third-order valence-corrected chi connectivity index (χ3v) is 1.09. The summed E-state index contributed by atoms with van der Waals surface area (Å²) in [5.74, 6) is -0.457. The maximum atomic E-state index is 11.0. The van der Waals surface area contributed by atoms with Gasteiger partial charge in [-0.15, -0.1) is 0 Å². The summed E-state index contributed by atoms with van der Waals surface area (Å²) in [6.07, 6.45) is 1.50. The highest BCUT2D eigenvalue weighted by molar-refractivity contribution is 6.41. The molecule has 0 aromatic carbocycles. The van der Waals surface area contributed by atoms with Crippen LogP contribution < -0.4 is 5.73 Å². The Balaban J connectivity index is 4.57. The van der Waals surface area contributed by atoms with Gasteiger partial charge < -0.3 is 10.5 Å². The molecule has 0 bridgehead atoms. The highest BCUT2D eigenvalue weighted by atomic mass is 16.5. The molecule has 0 saturated heterocycles. The number of carbonyl (C=O) groups is 1. The number of hydrogen-bond donors (Lipinski definition) is 1. The van der Waals surface area contributed by atoms with Gasteiger partial charge in [0.15, 0.2) is 0 Å². The van der Waals surface area contributed by atoms with Gasteiger partial charge in [-0.1, -0.05) is 0 Å². The smallest absolute Gasteiger partial charge is 0.356 e. The standard InChI is InChI=1S/C8H14N2O2/c1-4-10-7(5-6(2)9)8(11)12-3/h5H,4,9H2,1-3H3/b6-5-,10-7?. The van der Waals surface area contributed by atoms with E-state index in [1.165, 1.54) is 13.2 Å². The second-order valence-corrected chi connectivity index (χ2v) is 2.24. The third-order valence-electron chi connectivity index (χ3n) is 1.09. The lowest BCUT2D eigenvalue weighted by atomic mass is 10.3. The number of esters is 1. The van der Waals surface area contributed by atoms with Crippen LogP contribution in [0.3, 0.4) is 0 Å². The summed E-state index contributed by atoms with van der Waals surface area (Å²) in [5.41, 5.74) is 6.19. The first-order valence-electron chi connectivity index (χ1n) is 3.68. The number of allylic oxidation sites excluding steroid dienone is 1. The Labute approximate surface area is 72.1 Å². The summed E-state index contributed by atoms with van der Waals surface area (Å²) in [4.78, 5) is 14.9. The van der Waals surface area contributed by atoms with Crippen LogP contribution in [0.4, 0.5) is 0 Å². The van der Waals surface area contributed by atoms with E-state index < -0.39 is 5.97 Å². The van der Waals surface area contributed by atoms with Crippen molar-refractivity contribution in [2.75, 3.05) is 13.7 Å². The van der Waals surface area contributed by atoms with Gasteiger partial charge >= 0.3 is 5.97 Å². The lowest BCUT2D eigenvalue weighted by Gasteiger charge is -1.98. The molecule has 4 nitrogen and oxygen atoms in total. The van der Waals surface area contributed by atoms with E-state index in [1.807, 2.05) is 6.92 Å². The molecule has 68 valence electrons. The number of aliphatic imine (C=N–C) groups is 1. The molecule has 0 radical (unpaired) electrons. The van der Waals surface area contributed by atoms with Crippen LogP contribution in [-0.2, 0) is 9.53 Å². The van der Waals surface area contributed by atoms with E-state index in [2.05, 4.69) is 9.73 Å². The lowest BCUT2D eigenvalue weighted by molar-refractivity contribution is -0.132. The number of methoxy groups -OCH3 is 1. The summed E-state index contributed by atoms with van der Waals surface area (Å²) in [7, 11) is 1.31. The molecule has 0 unspecified atom stereocenters. The molecule has 0 atom stereocenters. The predicted octanol–water partition coefficient (Wildman–Crippen LogP) is 0.483. The average molecular weight is 170 g/mol. The van der Waals surface area contributed by atoms with E-state index in [0.717, 1.165) is 0 Å². The molecule has 2 N–H and O–H groups in total. The van der Waals surface area contributed by atoms with Gasteiger partial charge in [0.25, 0.3) is 0 Å². The molecule has 0 aliphatic carbocycles. The molecular formula is C8H14N2O2. The van der Waals surface area contributed by atoms with Gasteiger partial charge in [-0.05, 0) is 19.9 Å². The maximum absolute atomic E-state index is 11.0. The lowest BCUT2D eigenvalue weighted by Crippen LogP contribution is -2.15. The fourth-order valence-electron chi connectivity index (χ4n) is 0.660. The minimum Gasteiger partial charge on any atom is -0.464 e. The van der Waals surface area contributed by atoms with Crippen molar-refractivity contribution in [2.45, 2.75) is 13.8 Å². The Morgan fingerprint density at radius 1 is 1.67 bits per heavy atom. The highest BCUT2D eigenvalue weighted by Gasteiger charge is 2.06. The van der Waals surface area contributed by atoms with Gasteiger partial charge in [-0.3, -0.25) is 4.99 Å². The van der Waals surface area contributed by atoms with Crippen LogP contribution in [0, 0.1) is 0 Å². The van der Waals surface area contributed by atoms with Gasteiger partial charge in [0.1, 0.15) is 5.71 Å². The second kappa shape index (κ2) is 5.35. The van der Waals surface area contributed by atoms with Gasteiger partial charge in [0.2, 0.25) is 0 Å². The van der Waals surface area contributed by atoms with Crippen molar-refractivity contribution in [3.8, 4) is 0 Å². The van der Waals surface area contributed by atoms with Crippen LogP contribution in [0.2, 0.25) is 0 Å². The first kappa shape index (κ1) is 10.7. The molecule has 0 fully saturated rings. The van der Waals surface area contributed by atoms with Crippen molar-refractivity contribution in [3.63, 3.8) is 0 Å². The molecule has 0 amide bonds. The monoisotopic (exact) mass is 170 g/mol. The molecular weight excluding hydrogens is 156 g/mol. The number of nitrogens with two attached hydrogens (primary N) is 1. The predicted molar refractivity (Wildman–Crippen MR) is 47.9 cm³/mol. The van der Waals surface area contributed by atoms with Crippen LogP contribution in [0.25, 0.3) is 0 Å². The minimum atomic E-state index is -0.457. The van der Waals surface area contributed by atoms with Crippen molar-refractivity contribution in [1.82, 2.24) is 0 Å².